The molecule has 4 heteroatoms. The Balaban J connectivity index is 1.29. The van der Waals surface area contributed by atoms with Gasteiger partial charge in [0.05, 0.1) is 12.0 Å². The fourth-order valence-corrected chi connectivity index (χ4v) is 4.84. The molecule has 3 aromatic rings. The monoisotopic (exact) mass is 456 g/mol. The third-order valence-corrected chi connectivity index (χ3v) is 7.00. The van der Waals surface area contributed by atoms with Crippen molar-refractivity contribution in [2.45, 2.75) is 32.1 Å². The molecule has 0 aromatic heterocycles. The van der Waals surface area contributed by atoms with Gasteiger partial charge in [0.1, 0.15) is 0 Å². The SMILES string of the molecule is CCOC(=O)C(C)(CCCN1CCN(c2ccc(-c3ccccc3)cc2)CC1)c1ccccc1. The molecule has 1 saturated heterocycles. The topological polar surface area (TPSA) is 32.8 Å². The summed E-state index contributed by atoms with van der Waals surface area (Å²) >= 11 is 0. The largest absolute Gasteiger partial charge is 0.465 e. The molecule has 1 atom stereocenters. The Labute approximate surface area is 204 Å². The van der Waals surface area contributed by atoms with E-state index in [1.165, 1.54) is 16.8 Å². The Morgan fingerprint density at radius 1 is 0.824 bits per heavy atom. The van der Waals surface area contributed by atoms with Gasteiger partial charge in [0.25, 0.3) is 0 Å². The van der Waals surface area contributed by atoms with Gasteiger partial charge in [-0.25, -0.2) is 0 Å². The van der Waals surface area contributed by atoms with Crippen LogP contribution in [-0.4, -0.2) is 50.2 Å². The van der Waals surface area contributed by atoms with Crippen LogP contribution in [0.1, 0.15) is 32.3 Å². The van der Waals surface area contributed by atoms with Gasteiger partial charge in [-0.05, 0) is 62.1 Å². The van der Waals surface area contributed by atoms with Gasteiger partial charge in [-0.15, -0.1) is 0 Å². The lowest BCUT2D eigenvalue weighted by atomic mass is 9.78. The van der Waals surface area contributed by atoms with E-state index in [2.05, 4.69) is 64.4 Å². The number of nitrogens with zero attached hydrogens (tertiary/aromatic N) is 2. The summed E-state index contributed by atoms with van der Waals surface area (Å²) < 4.78 is 5.44. The second-order valence-corrected chi connectivity index (χ2v) is 9.26. The molecular formula is C30H36N2O2. The molecule has 1 aliphatic heterocycles. The first-order chi connectivity index (χ1) is 16.6. The van der Waals surface area contributed by atoms with E-state index in [0.717, 1.165) is 51.1 Å². The van der Waals surface area contributed by atoms with Crippen LogP contribution in [0.4, 0.5) is 5.69 Å². The summed E-state index contributed by atoms with van der Waals surface area (Å²) in [5.74, 6) is -0.120. The van der Waals surface area contributed by atoms with Gasteiger partial charge in [0.15, 0.2) is 0 Å². The molecule has 1 unspecified atom stereocenters. The molecule has 4 nitrogen and oxygen atoms in total. The highest BCUT2D eigenvalue weighted by Crippen LogP contribution is 2.31. The molecule has 3 aromatic carbocycles. The van der Waals surface area contributed by atoms with Crippen molar-refractivity contribution >= 4 is 11.7 Å². The molecule has 34 heavy (non-hydrogen) atoms. The maximum absolute atomic E-state index is 12.8. The number of anilines is 1. The minimum atomic E-state index is -0.598. The minimum absolute atomic E-state index is 0.120. The van der Waals surface area contributed by atoms with Crippen LogP contribution < -0.4 is 4.90 Å². The van der Waals surface area contributed by atoms with E-state index in [1.807, 2.05) is 44.2 Å². The van der Waals surface area contributed by atoms with Gasteiger partial charge in [0.2, 0.25) is 0 Å². The maximum Gasteiger partial charge on any atom is 0.316 e. The molecule has 0 saturated carbocycles. The second-order valence-electron chi connectivity index (χ2n) is 9.26. The molecule has 4 rings (SSSR count). The van der Waals surface area contributed by atoms with Crippen LogP contribution in [0, 0.1) is 0 Å². The summed E-state index contributed by atoms with van der Waals surface area (Å²) in [5, 5.41) is 0. The standard InChI is InChI=1S/C30H36N2O2/c1-3-34-29(33)30(2,27-13-8-5-9-14-27)19-10-20-31-21-23-32(24-22-31)28-17-15-26(16-18-28)25-11-6-4-7-12-25/h4-9,11-18H,3,10,19-24H2,1-2H3. The smallest absolute Gasteiger partial charge is 0.316 e. The number of piperazine rings is 1. The third-order valence-electron chi connectivity index (χ3n) is 7.00. The summed E-state index contributed by atoms with van der Waals surface area (Å²) in [7, 11) is 0. The van der Waals surface area contributed by atoms with Crippen molar-refractivity contribution in [3.63, 3.8) is 0 Å². The van der Waals surface area contributed by atoms with E-state index in [1.54, 1.807) is 0 Å². The number of hydrogen-bond donors (Lipinski definition) is 0. The average molecular weight is 457 g/mol. The summed E-state index contributed by atoms with van der Waals surface area (Å²) in [5.41, 5.74) is 4.24. The summed E-state index contributed by atoms with van der Waals surface area (Å²) in [6.45, 7) is 9.45. The maximum atomic E-state index is 12.8. The molecule has 0 N–H and O–H groups in total. The number of rotatable bonds is 9. The lowest BCUT2D eigenvalue weighted by Gasteiger charge is -2.37. The van der Waals surface area contributed by atoms with Gasteiger partial charge in [-0.1, -0.05) is 72.8 Å². The van der Waals surface area contributed by atoms with Gasteiger partial charge in [0, 0.05) is 31.9 Å². The first-order valence-corrected chi connectivity index (χ1v) is 12.5. The van der Waals surface area contributed by atoms with Crippen molar-refractivity contribution in [3.05, 3.63) is 90.5 Å². The fourth-order valence-electron chi connectivity index (χ4n) is 4.84. The summed E-state index contributed by atoms with van der Waals surface area (Å²) in [6, 6.07) is 29.5. The zero-order chi connectivity index (χ0) is 23.8. The van der Waals surface area contributed by atoms with Gasteiger partial charge in [-0.3, -0.25) is 9.69 Å². The van der Waals surface area contributed by atoms with Crippen molar-refractivity contribution in [3.8, 4) is 11.1 Å². The molecule has 0 bridgehead atoms. The lowest BCUT2D eigenvalue weighted by Crippen LogP contribution is -2.47. The van der Waals surface area contributed by atoms with Gasteiger partial charge >= 0.3 is 5.97 Å². The number of carbonyl (C=O) groups excluding carboxylic acids is 1. The summed E-state index contributed by atoms with van der Waals surface area (Å²) in [6.07, 6.45) is 1.76. The van der Waals surface area contributed by atoms with Crippen LogP contribution >= 0.6 is 0 Å². The van der Waals surface area contributed by atoms with E-state index < -0.39 is 5.41 Å². The Kier molecular flexibility index (Phi) is 8.02. The fraction of sp³-hybridized carbons (Fsp3) is 0.367. The average Bonchev–Trinajstić information content (AvgIpc) is 2.90. The van der Waals surface area contributed by atoms with E-state index >= 15 is 0 Å². The normalized spacial score (nSPS) is 16.1. The van der Waals surface area contributed by atoms with Crippen molar-refractivity contribution in [1.29, 1.82) is 0 Å². The Morgan fingerprint density at radius 2 is 1.41 bits per heavy atom. The number of ether oxygens (including phenoxy) is 1. The second kappa shape index (κ2) is 11.3. The van der Waals surface area contributed by atoms with E-state index in [9.17, 15) is 4.79 Å². The minimum Gasteiger partial charge on any atom is -0.465 e. The molecule has 1 heterocycles. The first-order valence-electron chi connectivity index (χ1n) is 12.5. The highest BCUT2D eigenvalue weighted by atomic mass is 16.5. The third kappa shape index (κ3) is 5.68. The Bertz CT molecular complexity index is 1030. The van der Waals surface area contributed by atoms with Crippen LogP contribution in [0.2, 0.25) is 0 Å². The first kappa shape index (κ1) is 24.0. The highest BCUT2D eigenvalue weighted by Gasteiger charge is 2.36. The molecule has 0 spiro atoms. The predicted octanol–water partition coefficient (Wildman–Crippen LogP) is 5.78. The van der Waals surface area contributed by atoms with Gasteiger partial charge in [-0.2, -0.15) is 0 Å². The van der Waals surface area contributed by atoms with Gasteiger partial charge < -0.3 is 9.64 Å². The van der Waals surface area contributed by atoms with Crippen molar-refractivity contribution in [2.24, 2.45) is 0 Å². The van der Waals surface area contributed by atoms with Crippen LogP contribution in [0.5, 0.6) is 0 Å². The van der Waals surface area contributed by atoms with E-state index in [4.69, 9.17) is 4.74 Å². The van der Waals surface area contributed by atoms with Crippen molar-refractivity contribution in [1.82, 2.24) is 4.90 Å². The van der Waals surface area contributed by atoms with Crippen LogP contribution in [0.3, 0.4) is 0 Å². The molecule has 1 fully saturated rings. The molecular weight excluding hydrogens is 420 g/mol. The number of benzene rings is 3. The predicted molar refractivity (Wildman–Crippen MR) is 140 cm³/mol. The number of carbonyl (C=O) groups is 1. The zero-order valence-electron chi connectivity index (χ0n) is 20.5. The zero-order valence-corrected chi connectivity index (χ0v) is 20.5. The molecule has 0 radical (unpaired) electrons. The number of esters is 1. The van der Waals surface area contributed by atoms with Crippen molar-refractivity contribution in [2.75, 3.05) is 44.2 Å². The van der Waals surface area contributed by atoms with Crippen LogP contribution in [0.25, 0.3) is 11.1 Å². The molecule has 0 aliphatic carbocycles. The highest BCUT2D eigenvalue weighted by molar-refractivity contribution is 5.82. The van der Waals surface area contributed by atoms with Crippen molar-refractivity contribution < 1.29 is 9.53 Å². The summed E-state index contributed by atoms with van der Waals surface area (Å²) in [4.78, 5) is 17.8. The van der Waals surface area contributed by atoms with Crippen LogP contribution in [-0.2, 0) is 14.9 Å². The van der Waals surface area contributed by atoms with Crippen LogP contribution in [0.15, 0.2) is 84.9 Å². The quantitative estimate of drug-likeness (QED) is 0.382. The number of hydrogen-bond acceptors (Lipinski definition) is 4. The molecule has 1 aliphatic rings. The van der Waals surface area contributed by atoms with E-state index in [0.29, 0.717) is 6.61 Å². The Morgan fingerprint density at radius 3 is 2.03 bits per heavy atom. The molecule has 0 amide bonds. The molecule has 178 valence electrons. The van der Waals surface area contributed by atoms with E-state index in [-0.39, 0.29) is 5.97 Å². The Hall–Kier alpha value is -3.11. The lowest BCUT2D eigenvalue weighted by molar-refractivity contribution is -0.149.